The fourth-order valence-corrected chi connectivity index (χ4v) is 4.68. The molecule has 0 saturated heterocycles. The van der Waals surface area contributed by atoms with Crippen LogP contribution in [0.3, 0.4) is 0 Å². The molecule has 196 valence electrons. The summed E-state index contributed by atoms with van der Waals surface area (Å²) in [6.07, 6.45) is 4.61. The van der Waals surface area contributed by atoms with E-state index in [1.165, 1.54) is 27.8 Å². The molecule has 2 aromatic heterocycles. The third kappa shape index (κ3) is 7.11. The molecule has 7 heteroatoms. The van der Waals surface area contributed by atoms with E-state index in [0.717, 1.165) is 42.0 Å². The van der Waals surface area contributed by atoms with Gasteiger partial charge in [0, 0.05) is 37.1 Å². The summed E-state index contributed by atoms with van der Waals surface area (Å²) in [4.78, 5) is 11.4. The van der Waals surface area contributed by atoms with Gasteiger partial charge in [-0.15, -0.1) is 0 Å². The van der Waals surface area contributed by atoms with Gasteiger partial charge in [-0.3, -0.25) is 4.68 Å². The number of aryl methyl sites for hydroxylation is 4. The number of nitrogens with one attached hydrogen (secondary N) is 1. The van der Waals surface area contributed by atoms with Crippen molar-refractivity contribution in [3.05, 3.63) is 105 Å². The standard InChI is InChI=1S/C20H23N3O2.C10H16N2/c1-4-23-18(15(3)9-19(23)20(24)25)10-16-5-7-17(8-6-16)13-22-12-14(2)11-21-22;1-7-4-9(11)5-8(2)10(7)6-12-3/h5-9,11-12H,4,10,13H2,1-3H3,(H,24,25);4-5,12H,6,11H2,1-3H3. The van der Waals surface area contributed by atoms with E-state index < -0.39 is 5.97 Å². The number of carboxylic acids is 1. The fraction of sp³-hybridized carbons (Fsp3) is 0.333. The zero-order valence-electron chi connectivity index (χ0n) is 22.8. The predicted molar refractivity (Wildman–Crippen MR) is 150 cm³/mol. The van der Waals surface area contributed by atoms with Crippen molar-refractivity contribution in [3.63, 3.8) is 0 Å². The number of carbonyl (C=O) groups is 1. The van der Waals surface area contributed by atoms with E-state index in [1.807, 2.05) is 61.6 Å². The van der Waals surface area contributed by atoms with Crippen molar-refractivity contribution in [1.82, 2.24) is 19.7 Å². The van der Waals surface area contributed by atoms with Crippen molar-refractivity contribution < 1.29 is 9.90 Å². The van der Waals surface area contributed by atoms with Gasteiger partial charge in [-0.1, -0.05) is 24.3 Å². The van der Waals surface area contributed by atoms with Crippen LogP contribution in [0.25, 0.3) is 0 Å². The number of nitrogens with two attached hydrogens (primary N) is 1. The second-order valence-electron chi connectivity index (χ2n) is 9.58. The normalized spacial score (nSPS) is 10.8. The van der Waals surface area contributed by atoms with E-state index in [1.54, 1.807) is 6.07 Å². The van der Waals surface area contributed by atoms with Crippen LogP contribution in [0.2, 0.25) is 0 Å². The lowest BCUT2D eigenvalue weighted by Gasteiger charge is -2.11. The molecular formula is C30H39N5O2. The molecule has 2 aromatic carbocycles. The summed E-state index contributed by atoms with van der Waals surface area (Å²) in [5, 5.41) is 16.8. The number of hydrogen-bond acceptors (Lipinski definition) is 4. The first-order chi connectivity index (χ1) is 17.6. The molecule has 0 atom stereocenters. The lowest BCUT2D eigenvalue weighted by atomic mass is 10.0. The highest BCUT2D eigenvalue weighted by Crippen LogP contribution is 2.20. The van der Waals surface area contributed by atoms with E-state index in [0.29, 0.717) is 12.2 Å². The van der Waals surface area contributed by atoms with Crippen LogP contribution in [0, 0.1) is 27.7 Å². The number of aromatic nitrogens is 3. The maximum atomic E-state index is 11.4. The van der Waals surface area contributed by atoms with Crippen molar-refractivity contribution in [3.8, 4) is 0 Å². The van der Waals surface area contributed by atoms with Gasteiger partial charge in [0.2, 0.25) is 0 Å². The van der Waals surface area contributed by atoms with Crippen LogP contribution in [0.1, 0.15) is 62.1 Å². The third-order valence-corrected chi connectivity index (χ3v) is 6.53. The molecule has 0 saturated carbocycles. The summed E-state index contributed by atoms with van der Waals surface area (Å²) >= 11 is 0. The molecule has 0 radical (unpaired) electrons. The Morgan fingerprint density at radius 1 is 1.00 bits per heavy atom. The zero-order valence-corrected chi connectivity index (χ0v) is 22.8. The molecule has 0 unspecified atom stereocenters. The molecule has 0 fully saturated rings. The molecule has 4 rings (SSSR count). The van der Waals surface area contributed by atoms with Crippen LogP contribution < -0.4 is 11.1 Å². The molecule has 0 amide bonds. The highest BCUT2D eigenvalue weighted by Gasteiger charge is 2.16. The number of benzene rings is 2. The van der Waals surface area contributed by atoms with Gasteiger partial charge >= 0.3 is 5.97 Å². The summed E-state index contributed by atoms with van der Waals surface area (Å²) in [5.41, 5.74) is 16.4. The van der Waals surface area contributed by atoms with Crippen molar-refractivity contribution in [1.29, 1.82) is 0 Å². The molecule has 37 heavy (non-hydrogen) atoms. The Labute approximate surface area is 219 Å². The molecule has 0 bridgehead atoms. The van der Waals surface area contributed by atoms with E-state index in [4.69, 9.17) is 5.73 Å². The van der Waals surface area contributed by atoms with Crippen molar-refractivity contribution in [2.24, 2.45) is 0 Å². The van der Waals surface area contributed by atoms with E-state index >= 15 is 0 Å². The topological polar surface area (TPSA) is 98.1 Å². The van der Waals surface area contributed by atoms with Crippen molar-refractivity contribution >= 4 is 11.7 Å². The maximum absolute atomic E-state index is 11.4. The van der Waals surface area contributed by atoms with E-state index in [-0.39, 0.29) is 0 Å². The minimum atomic E-state index is -0.874. The summed E-state index contributed by atoms with van der Waals surface area (Å²) in [7, 11) is 1.95. The summed E-state index contributed by atoms with van der Waals surface area (Å²) in [6, 6.07) is 14.2. The molecule has 4 N–H and O–H groups in total. The van der Waals surface area contributed by atoms with E-state index in [9.17, 15) is 9.90 Å². The third-order valence-electron chi connectivity index (χ3n) is 6.53. The van der Waals surface area contributed by atoms with Gasteiger partial charge in [0.25, 0.3) is 0 Å². The molecule has 0 spiro atoms. The fourth-order valence-electron chi connectivity index (χ4n) is 4.68. The molecule has 2 heterocycles. The summed E-state index contributed by atoms with van der Waals surface area (Å²) in [5.74, 6) is -0.874. The largest absolute Gasteiger partial charge is 0.477 e. The average Bonchev–Trinajstić information content (AvgIpc) is 3.40. The monoisotopic (exact) mass is 501 g/mol. The minimum Gasteiger partial charge on any atom is -0.477 e. The van der Waals surface area contributed by atoms with Crippen LogP contribution in [0.15, 0.2) is 54.9 Å². The molecule has 0 aliphatic carbocycles. The number of nitrogens with zero attached hydrogens (tertiary/aromatic N) is 3. The first kappa shape index (κ1) is 27.7. The molecule has 0 aliphatic rings. The van der Waals surface area contributed by atoms with Crippen LogP contribution in [-0.4, -0.2) is 32.5 Å². The second kappa shape index (κ2) is 12.4. The Hall–Kier alpha value is -3.84. The molecular weight excluding hydrogens is 462 g/mol. The number of rotatable bonds is 8. The molecule has 7 nitrogen and oxygen atoms in total. The van der Waals surface area contributed by atoms with Crippen LogP contribution in [0.5, 0.6) is 0 Å². The van der Waals surface area contributed by atoms with Crippen LogP contribution in [0.4, 0.5) is 5.69 Å². The van der Waals surface area contributed by atoms with Gasteiger partial charge in [-0.2, -0.15) is 5.10 Å². The van der Waals surface area contributed by atoms with Gasteiger partial charge in [-0.25, -0.2) is 4.79 Å². The maximum Gasteiger partial charge on any atom is 0.352 e. The molecule has 4 aromatic rings. The number of anilines is 1. The predicted octanol–water partition coefficient (Wildman–Crippen LogP) is 5.26. The second-order valence-corrected chi connectivity index (χ2v) is 9.58. The number of carboxylic acid groups (broad SMARTS) is 1. The van der Waals surface area contributed by atoms with Gasteiger partial charge in [0.1, 0.15) is 5.69 Å². The highest BCUT2D eigenvalue weighted by atomic mass is 16.4. The SMILES string of the molecule is CCn1c(C(=O)O)cc(C)c1Cc1ccc(Cn2cc(C)cn2)cc1.CNCc1c(C)cc(N)cc1C. The Bertz CT molecular complexity index is 1330. The first-order valence-electron chi connectivity index (χ1n) is 12.6. The van der Waals surface area contributed by atoms with Gasteiger partial charge in [-0.05, 0) is 98.8 Å². The van der Waals surface area contributed by atoms with Crippen LogP contribution in [-0.2, 0) is 26.1 Å². The van der Waals surface area contributed by atoms with Crippen molar-refractivity contribution in [2.75, 3.05) is 12.8 Å². The van der Waals surface area contributed by atoms with E-state index in [2.05, 4.69) is 48.5 Å². The first-order valence-corrected chi connectivity index (χ1v) is 12.6. The smallest absolute Gasteiger partial charge is 0.352 e. The van der Waals surface area contributed by atoms with Gasteiger partial charge < -0.3 is 20.7 Å². The highest BCUT2D eigenvalue weighted by molar-refractivity contribution is 5.86. The molecule has 0 aliphatic heterocycles. The zero-order chi connectivity index (χ0) is 27.1. The minimum absolute atomic E-state index is 0.362. The Morgan fingerprint density at radius 3 is 2.14 bits per heavy atom. The number of nitrogen functional groups attached to an aromatic ring is 1. The lowest BCUT2D eigenvalue weighted by Crippen LogP contribution is -2.10. The van der Waals surface area contributed by atoms with Gasteiger partial charge in [0.05, 0.1) is 12.7 Å². The summed E-state index contributed by atoms with van der Waals surface area (Å²) < 4.78 is 3.81. The summed E-state index contributed by atoms with van der Waals surface area (Å²) in [6.45, 7) is 12.5. The van der Waals surface area contributed by atoms with Crippen molar-refractivity contribution in [2.45, 2.75) is 60.7 Å². The lowest BCUT2D eigenvalue weighted by molar-refractivity contribution is 0.0685. The average molecular weight is 502 g/mol. The number of aromatic carboxylic acids is 1. The Balaban J connectivity index is 0.000000266. The Morgan fingerprint density at radius 2 is 1.62 bits per heavy atom. The quantitative estimate of drug-likeness (QED) is 0.286. The van der Waals surface area contributed by atoms with Gasteiger partial charge in [0.15, 0.2) is 0 Å². The number of hydrogen-bond donors (Lipinski definition) is 3. The van der Waals surface area contributed by atoms with Crippen LogP contribution >= 0.6 is 0 Å². The Kier molecular flexibility index (Phi) is 9.31.